The zero-order chi connectivity index (χ0) is 4.12. The number of hydrogen-bond acceptors (Lipinski definition) is 2. The van der Waals surface area contributed by atoms with Gasteiger partial charge in [-0.2, -0.15) is 5.26 Å². The molecule has 0 aliphatic carbocycles. The standard InChI is InChI=1S/C3H3NO.K.H/c4-2-1-3-5;;/h1,3,5H;;/q;+1;-1. The summed E-state index contributed by atoms with van der Waals surface area (Å²) in [4.78, 5) is 0. The van der Waals surface area contributed by atoms with Crippen LogP contribution in [-0.4, -0.2) is 5.11 Å². The van der Waals surface area contributed by atoms with Gasteiger partial charge in [0.1, 0.15) is 0 Å². The first-order valence-electron chi connectivity index (χ1n) is 1.10. The summed E-state index contributed by atoms with van der Waals surface area (Å²) in [6.07, 6.45) is 1.68. The van der Waals surface area contributed by atoms with Gasteiger partial charge in [-0.15, -0.1) is 0 Å². The van der Waals surface area contributed by atoms with E-state index in [1.807, 2.05) is 0 Å². The molecule has 0 aromatic carbocycles. The molecular weight excluding hydrogens is 105 g/mol. The fourth-order valence-corrected chi connectivity index (χ4v) is 0.0333. The number of allylic oxidation sites excluding steroid dienone is 1. The van der Waals surface area contributed by atoms with Gasteiger partial charge in [0, 0.05) is 0 Å². The van der Waals surface area contributed by atoms with Gasteiger partial charge in [-0.25, -0.2) is 0 Å². The zero-order valence-corrected chi connectivity index (χ0v) is 6.67. The third-order valence-electron chi connectivity index (χ3n) is 0.149. The minimum atomic E-state index is 0. The van der Waals surface area contributed by atoms with Crippen molar-refractivity contribution in [3.63, 3.8) is 0 Å². The molecule has 0 radical (unpaired) electrons. The van der Waals surface area contributed by atoms with E-state index in [1.54, 1.807) is 6.07 Å². The molecule has 0 aromatic heterocycles. The van der Waals surface area contributed by atoms with Crippen molar-refractivity contribution in [2.45, 2.75) is 0 Å². The molecule has 3 heteroatoms. The van der Waals surface area contributed by atoms with Gasteiger partial charge >= 0.3 is 51.4 Å². The second-order valence-corrected chi connectivity index (χ2v) is 0.445. The van der Waals surface area contributed by atoms with Gasteiger partial charge in [0.2, 0.25) is 0 Å². The fourth-order valence-electron chi connectivity index (χ4n) is 0.0333. The molecule has 0 atom stereocenters. The molecule has 0 amide bonds. The minimum absolute atomic E-state index is 0. The van der Waals surface area contributed by atoms with Crippen LogP contribution in [0.3, 0.4) is 0 Å². The van der Waals surface area contributed by atoms with Crippen molar-refractivity contribution < 1.29 is 57.9 Å². The van der Waals surface area contributed by atoms with Crippen molar-refractivity contribution in [3.05, 3.63) is 12.3 Å². The predicted octanol–water partition coefficient (Wildman–Crippen LogP) is -2.30. The van der Waals surface area contributed by atoms with Crippen molar-refractivity contribution >= 4 is 0 Å². The summed E-state index contributed by atoms with van der Waals surface area (Å²) in [5.74, 6) is 0. The van der Waals surface area contributed by atoms with Crippen LogP contribution in [-0.2, 0) is 0 Å². The van der Waals surface area contributed by atoms with Crippen molar-refractivity contribution in [3.8, 4) is 6.07 Å². The Morgan fingerprint density at radius 2 is 2.33 bits per heavy atom. The third kappa shape index (κ3) is 8.82. The SMILES string of the molecule is N#CC=CO.[H-].[K+]. The molecule has 0 fully saturated rings. The summed E-state index contributed by atoms with van der Waals surface area (Å²) in [6, 6.07) is 1.59. The Hall–Kier alpha value is 0.666. The number of nitriles is 1. The summed E-state index contributed by atoms with van der Waals surface area (Å²) < 4.78 is 0. The summed E-state index contributed by atoms with van der Waals surface area (Å²) in [5, 5.41) is 15.2. The van der Waals surface area contributed by atoms with Crippen LogP contribution in [0.15, 0.2) is 12.3 Å². The Kier molecular flexibility index (Phi) is 15.0. The molecular formula is C3H4KNO. The summed E-state index contributed by atoms with van der Waals surface area (Å²) in [7, 11) is 0. The molecule has 0 unspecified atom stereocenters. The molecule has 0 aliphatic heterocycles. The summed E-state index contributed by atoms with van der Waals surface area (Å²) in [6.45, 7) is 0. The molecule has 0 rings (SSSR count). The van der Waals surface area contributed by atoms with Gasteiger partial charge in [-0.05, 0) is 0 Å². The molecule has 0 aliphatic rings. The third-order valence-corrected chi connectivity index (χ3v) is 0.149. The topological polar surface area (TPSA) is 44.0 Å². The number of aliphatic hydroxyl groups excluding tert-OH is 1. The normalized spacial score (nSPS) is 6.50. The van der Waals surface area contributed by atoms with E-state index in [1.165, 1.54) is 0 Å². The molecule has 6 heavy (non-hydrogen) atoms. The van der Waals surface area contributed by atoms with Crippen LogP contribution >= 0.6 is 0 Å². The molecule has 0 saturated heterocycles. The average molecular weight is 109 g/mol. The van der Waals surface area contributed by atoms with Crippen LogP contribution in [0.25, 0.3) is 0 Å². The Morgan fingerprint density at radius 3 is 2.33 bits per heavy atom. The maximum Gasteiger partial charge on any atom is 1.00 e. The second kappa shape index (κ2) is 9.18. The van der Waals surface area contributed by atoms with Crippen molar-refractivity contribution in [1.82, 2.24) is 0 Å². The van der Waals surface area contributed by atoms with Crippen LogP contribution < -0.4 is 51.4 Å². The summed E-state index contributed by atoms with van der Waals surface area (Å²) >= 11 is 0. The average Bonchev–Trinajstić information content (AvgIpc) is 1.41. The van der Waals surface area contributed by atoms with Crippen molar-refractivity contribution in [2.24, 2.45) is 0 Å². The van der Waals surface area contributed by atoms with Crippen LogP contribution in [0.2, 0.25) is 0 Å². The van der Waals surface area contributed by atoms with Crippen LogP contribution in [0.5, 0.6) is 0 Å². The van der Waals surface area contributed by atoms with Gasteiger partial charge < -0.3 is 6.53 Å². The van der Waals surface area contributed by atoms with E-state index in [0.29, 0.717) is 6.26 Å². The van der Waals surface area contributed by atoms with E-state index >= 15 is 0 Å². The monoisotopic (exact) mass is 109 g/mol. The molecule has 0 spiro atoms. The van der Waals surface area contributed by atoms with E-state index in [9.17, 15) is 0 Å². The van der Waals surface area contributed by atoms with Gasteiger partial charge in [-0.3, -0.25) is 0 Å². The molecule has 0 aromatic rings. The predicted molar refractivity (Wildman–Crippen MR) is 18.5 cm³/mol. The van der Waals surface area contributed by atoms with E-state index in [4.69, 9.17) is 10.4 Å². The number of nitrogens with zero attached hydrogens (tertiary/aromatic N) is 1. The molecule has 0 heterocycles. The maximum absolute atomic E-state index is 7.66. The molecule has 0 bridgehead atoms. The van der Waals surface area contributed by atoms with Gasteiger partial charge in [0.05, 0.1) is 18.4 Å². The minimum Gasteiger partial charge on any atom is -1.00 e. The fraction of sp³-hybridized carbons (Fsp3) is 0. The van der Waals surface area contributed by atoms with Crippen molar-refractivity contribution in [1.29, 1.82) is 5.26 Å². The van der Waals surface area contributed by atoms with E-state index in [0.717, 1.165) is 6.08 Å². The maximum atomic E-state index is 7.66. The van der Waals surface area contributed by atoms with Crippen LogP contribution in [0, 0.1) is 11.3 Å². The molecule has 0 saturated carbocycles. The number of hydrogen-bond donors (Lipinski definition) is 1. The molecule has 28 valence electrons. The Balaban J connectivity index is -0.0000000800. The Labute approximate surface area is 80.4 Å². The quantitative estimate of drug-likeness (QED) is 0.216. The second-order valence-electron chi connectivity index (χ2n) is 0.445. The molecule has 2 nitrogen and oxygen atoms in total. The number of aliphatic hydroxyl groups is 1. The summed E-state index contributed by atoms with van der Waals surface area (Å²) in [5.41, 5.74) is 0. The zero-order valence-electron chi connectivity index (χ0n) is 4.55. The Morgan fingerprint density at radius 1 is 1.83 bits per heavy atom. The first-order valence-corrected chi connectivity index (χ1v) is 1.10. The van der Waals surface area contributed by atoms with Crippen molar-refractivity contribution in [2.75, 3.05) is 0 Å². The largest absolute Gasteiger partial charge is 1.00 e. The number of rotatable bonds is 0. The molecule has 1 N–H and O–H groups in total. The van der Waals surface area contributed by atoms with E-state index in [-0.39, 0.29) is 52.8 Å². The van der Waals surface area contributed by atoms with E-state index in [2.05, 4.69) is 0 Å². The first-order chi connectivity index (χ1) is 2.41. The van der Waals surface area contributed by atoms with Gasteiger partial charge in [0.15, 0.2) is 0 Å². The first kappa shape index (κ1) is 9.83. The van der Waals surface area contributed by atoms with Gasteiger partial charge in [0.25, 0.3) is 0 Å². The van der Waals surface area contributed by atoms with E-state index < -0.39 is 0 Å². The van der Waals surface area contributed by atoms with Gasteiger partial charge in [-0.1, -0.05) is 0 Å². The Bertz CT molecular complexity index is 77.5. The smallest absolute Gasteiger partial charge is 1.00 e. The van der Waals surface area contributed by atoms with Crippen LogP contribution in [0.4, 0.5) is 0 Å². The van der Waals surface area contributed by atoms with Crippen LogP contribution in [0.1, 0.15) is 1.43 Å².